The largest absolute Gasteiger partial charge is 0.360 e. The second kappa shape index (κ2) is 6.35. The van der Waals surface area contributed by atoms with Gasteiger partial charge >= 0.3 is 0 Å². The van der Waals surface area contributed by atoms with Crippen LogP contribution in [-0.4, -0.2) is 16.7 Å². The molecule has 0 unspecified atom stereocenters. The molecule has 6 heteroatoms. The first kappa shape index (κ1) is 13.5. The van der Waals surface area contributed by atoms with Gasteiger partial charge in [0.05, 0.1) is 4.34 Å². The molecule has 0 spiro atoms. The van der Waals surface area contributed by atoms with Crippen molar-refractivity contribution in [1.29, 1.82) is 0 Å². The minimum absolute atomic E-state index is 0.834. The smallest absolute Gasteiger partial charge is 0.206 e. The summed E-state index contributed by atoms with van der Waals surface area (Å²) in [6, 6.07) is 14.1. The summed E-state index contributed by atoms with van der Waals surface area (Å²) in [5.41, 5.74) is 1.10. The van der Waals surface area contributed by atoms with E-state index in [1.807, 2.05) is 36.4 Å². The molecular formula is C14H12ClN3S2. The molecule has 1 N–H and O–H groups in total. The van der Waals surface area contributed by atoms with Crippen LogP contribution in [0.5, 0.6) is 0 Å². The molecule has 0 aliphatic rings. The number of thiophene rings is 1. The Hall–Kier alpha value is -1.43. The standard InChI is InChI=1S/C14H12ClN3S2/c15-12-7-6-11(19-12)8-9-16-14-18-17-13(20-14)10-4-2-1-3-5-10/h1-7H,8-9H2,(H,16,18). The lowest BCUT2D eigenvalue weighted by Crippen LogP contribution is -2.03. The Bertz CT molecular complexity index is 679. The van der Waals surface area contributed by atoms with Crippen LogP contribution in [-0.2, 0) is 6.42 Å². The van der Waals surface area contributed by atoms with E-state index < -0.39 is 0 Å². The van der Waals surface area contributed by atoms with Gasteiger partial charge in [-0.25, -0.2) is 0 Å². The lowest BCUT2D eigenvalue weighted by Gasteiger charge is -1.99. The van der Waals surface area contributed by atoms with E-state index in [1.54, 1.807) is 22.7 Å². The SMILES string of the molecule is Clc1ccc(CCNc2nnc(-c3ccccc3)s2)s1. The van der Waals surface area contributed by atoms with Gasteiger partial charge in [0, 0.05) is 17.0 Å². The summed E-state index contributed by atoms with van der Waals surface area (Å²) in [6.45, 7) is 0.834. The molecule has 3 rings (SSSR count). The maximum absolute atomic E-state index is 5.91. The summed E-state index contributed by atoms with van der Waals surface area (Å²) >= 11 is 9.09. The molecule has 0 amide bonds. The number of aromatic nitrogens is 2. The van der Waals surface area contributed by atoms with Crippen LogP contribution in [0.25, 0.3) is 10.6 Å². The van der Waals surface area contributed by atoms with Gasteiger partial charge in [-0.05, 0) is 18.6 Å². The van der Waals surface area contributed by atoms with Gasteiger partial charge in [-0.1, -0.05) is 53.3 Å². The topological polar surface area (TPSA) is 37.8 Å². The van der Waals surface area contributed by atoms with Gasteiger partial charge in [0.2, 0.25) is 5.13 Å². The molecule has 0 aliphatic carbocycles. The van der Waals surface area contributed by atoms with Gasteiger partial charge in [-0.2, -0.15) is 0 Å². The van der Waals surface area contributed by atoms with E-state index in [4.69, 9.17) is 11.6 Å². The van der Waals surface area contributed by atoms with Gasteiger partial charge in [-0.15, -0.1) is 21.5 Å². The van der Waals surface area contributed by atoms with Crippen LogP contribution in [0.1, 0.15) is 4.88 Å². The first-order valence-electron chi connectivity index (χ1n) is 6.18. The van der Waals surface area contributed by atoms with E-state index in [0.717, 1.165) is 33.0 Å². The predicted octanol–water partition coefficient (Wildman–Crippen LogP) is 4.57. The first-order chi connectivity index (χ1) is 9.81. The molecule has 20 heavy (non-hydrogen) atoms. The Kier molecular flexibility index (Phi) is 4.30. The fraction of sp³-hybridized carbons (Fsp3) is 0.143. The van der Waals surface area contributed by atoms with E-state index >= 15 is 0 Å². The lowest BCUT2D eigenvalue weighted by atomic mass is 10.2. The van der Waals surface area contributed by atoms with E-state index in [-0.39, 0.29) is 0 Å². The Morgan fingerprint density at radius 2 is 1.85 bits per heavy atom. The first-order valence-corrected chi connectivity index (χ1v) is 8.19. The minimum atomic E-state index is 0.834. The average Bonchev–Trinajstić information content (AvgIpc) is 3.09. The molecule has 0 fully saturated rings. The molecule has 3 nitrogen and oxygen atoms in total. The van der Waals surface area contributed by atoms with Crippen molar-refractivity contribution in [3.8, 4) is 10.6 Å². The maximum atomic E-state index is 5.91. The fourth-order valence-corrected chi connectivity index (χ4v) is 3.63. The molecule has 102 valence electrons. The summed E-state index contributed by atoms with van der Waals surface area (Å²) in [4.78, 5) is 1.27. The Balaban J connectivity index is 1.58. The zero-order chi connectivity index (χ0) is 13.8. The number of anilines is 1. The Labute approximate surface area is 130 Å². The summed E-state index contributed by atoms with van der Waals surface area (Å²) in [5.74, 6) is 0. The molecule has 1 aromatic carbocycles. The number of benzene rings is 1. The Morgan fingerprint density at radius 3 is 2.60 bits per heavy atom. The molecule has 0 saturated carbocycles. The lowest BCUT2D eigenvalue weighted by molar-refractivity contribution is 1.01. The third-order valence-corrected chi connectivity index (χ3v) is 4.94. The highest BCUT2D eigenvalue weighted by molar-refractivity contribution is 7.18. The van der Waals surface area contributed by atoms with Crippen LogP contribution in [0.3, 0.4) is 0 Å². The molecule has 0 saturated heterocycles. The van der Waals surface area contributed by atoms with Crippen molar-refractivity contribution in [2.45, 2.75) is 6.42 Å². The zero-order valence-corrected chi connectivity index (χ0v) is 12.9. The van der Waals surface area contributed by atoms with Crippen molar-refractivity contribution in [3.63, 3.8) is 0 Å². The predicted molar refractivity (Wildman–Crippen MR) is 86.9 cm³/mol. The van der Waals surface area contributed by atoms with Gasteiger partial charge in [-0.3, -0.25) is 0 Å². The summed E-state index contributed by atoms with van der Waals surface area (Å²) in [7, 11) is 0. The molecule has 2 heterocycles. The second-order valence-corrected chi connectivity index (χ2v) is 6.94. The number of halogens is 1. The molecular weight excluding hydrogens is 310 g/mol. The van der Waals surface area contributed by atoms with E-state index in [0.29, 0.717) is 0 Å². The van der Waals surface area contributed by atoms with Crippen molar-refractivity contribution in [3.05, 3.63) is 51.7 Å². The van der Waals surface area contributed by atoms with Crippen molar-refractivity contribution in [2.75, 3.05) is 11.9 Å². The van der Waals surface area contributed by atoms with E-state index in [2.05, 4.69) is 21.6 Å². The number of nitrogens with zero attached hydrogens (tertiary/aromatic N) is 2. The van der Waals surface area contributed by atoms with Crippen LogP contribution in [0, 0.1) is 0 Å². The van der Waals surface area contributed by atoms with Gasteiger partial charge in [0.25, 0.3) is 0 Å². The van der Waals surface area contributed by atoms with E-state index in [9.17, 15) is 0 Å². The van der Waals surface area contributed by atoms with Crippen LogP contribution in [0.2, 0.25) is 4.34 Å². The Morgan fingerprint density at radius 1 is 1.00 bits per heavy atom. The molecule has 0 radical (unpaired) electrons. The van der Waals surface area contributed by atoms with Crippen molar-refractivity contribution >= 4 is 39.4 Å². The van der Waals surface area contributed by atoms with Gasteiger partial charge in [0.15, 0.2) is 0 Å². The minimum Gasteiger partial charge on any atom is -0.360 e. The fourth-order valence-electron chi connectivity index (χ4n) is 1.77. The number of hydrogen-bond donors (Lipinski definition) is 1. The van der Waals surface area contributed by atoms with Gasteiger partial charge < -0.3 is 5.32 Å². The number of rotatable bonds is 5. The summed E-state index contributed by atoms with van der Waals surface area (Å²) in [5, 5.41) is 13.5. The molecule has 2 aromatic heterocycles. The average molecular weight is 322 g/mol. The van der Waals surface area contributed by atoms with Crippen molar-refractivity contribution in [1.82, 2.24) is 10.2 Å². The highest BCUT2D eigenvalue weighted by atomic mass is 35.5. The maximum Gasteiger partial charge on any atom is 0.206 e. The zero-order valence-electron chi connectivity index (χ0n) is 10.5. The van der Waals surface area contributed by atoms with Gasteiger partial charge in [0.1, 0.15) is 5.01 Å². The highest BCUT2D eigenvalue weighted by Crippen LogP contribution is 2.26. The molecule has 3 aromatic rings. The van der Waals surface area contributed by atoms with Crippen molar-refractivity contribution in [2.24, 2.45) is 0 Å². The summed E-state index contributed by atoms with van der Waals surface area (Å²) in [6.07, 6.45) is 0.942. The monoisotopic (exact) mass is 321 g/mol. The number of nitrogens with one attached hydrogen (secondary N) is 1. The third kappa shape index (κ3) is 3.36. The second-order valence-electron chi connectivity index (χ2n) is 4.16. The summed E-state index contributed by atoms with van der Waals surface area (Å²) < 4.78 is 0.835. The van der Waals surface area contributed by atoms with Crippen molar-refractivity contribution < 1.29 is 0 Å². The molecule has 0 bridgehead atoms. The highest BCUT2D eigenvalue weighted by Gasteiger charge is 2.05. The number of hydrogen-bond acceptors (Lipinski definition) is 5. The van der Waals surface area contributed by atoms with Crippen LogP contribution >= 0.6 is 34.3 Å². The third-order valence-electron chi connectivity index (χ3n) is 2.72. The molecule has 0 atom stereocenters. The quantitative estimate of drug-likeness (QED) is 0.747. The molecule has 0 aliphatic heterocycles. The van der Waals surface area contributed by atoms with Crippen LogP contribution in [0.15, 0.2) is 42.5 Å². The van der Waals surface area contributed by atoms with Crippen LogP contribution in [0.4, 0.5) is 5.13 Å². The normalized spacial score (nSPS) is 10.7. The van der Waals surface area contributed by atoms with Crippen LogP contribution < -0.4 is 5.32 Å². The van der Waals surface area contributed by atoms with E-state index in [1.165, 1.54) is 4.88 Å².